The summed E-state index contributed by atoms with van der Waals surface area (Å²) in [7, 11) is 0. The Morgan fingerprint density at radius 2 is 2.25 bits per heavy atom. The van der Waals surface area contributed by atoms with Crippen LogP contribution in [0.25, 0.3) is 0 Å². The lowest BCUT2D eigenvalue weighted by Gasteiger charge is -2.23. The maximum absolute atomic E-state index is 11.7. The van der Waals surface area contributed by atoms with Gasteiger partial charge in [-0.25, -0.2) is 0 Å². The molecule has 16 heavy (non-hydrogen) atoms. The molecule has 0 radical (unpaired) electrons. The average Bonchev–Trinajstić information content (AvgIpc) is 2.63. The Labute approximate surface area is 100 Å². The predicted octanol–water partition coefficient (Wildman–Crippen LogP) is 1.54. The van der Waals surface area contributed by atoms with Gasteiger partial charge in [-0.3, -0.25) is 9.78 Å². The van der Waals surface area contributed by atoms with E-state index in [0.29, 0.717) is 6.54 Å². The first-order valence-corrected chi connectivity index (χ1v) is 6.19. The second-order valence-electron chi connectivity index (χ2n) is 4.81. The smallest absolute Gasteiger partial charge is 0.237 e. The van der Waals surface area contributed by atoms with E-state index in [4.69, 9.17) is 0 Å². The molecule has 0 aromatic carbocycles. The molecule has 4 nitrogen and oxygen atoms in total. The van der Waals surface area contributed by atoms with Gasteiger partial charge in [0, 0.05) is 23.2 Å². The minimum absolute atomic E-state index is 0.0250. The maximum Gasteiger partial charge on any atom is 0.237 e. The lowest BCUT2D eigenvalue weighted by Crippen LogP contribution is -2.49. The summed E-state index contributed by atoms with van der Waals surface area (Å²) in [6.07, 6.45) is 1.81. The Balaban J connectivity index is 2.35. The van der Waals surface area contributed by atoms with Crippen LogP contribution in [0.1, 0.15) is 32.6 Å². The first kappa shape index (κ1) is 13.1. The SMILES string of the molecule is CC(NCc1cncs1)C(=O)NC(C)(C)C. The van der Waals surface area contributed by atoms with Crippen LogP contribution in [-0.2, 0) is 11.3 Å². The molecule has 0 spiro atoms. The van der Waals surface area contributed by atoms with E-state index in [9.17, 15) is 4.79 Å². The standard InChI is InChI=1S/C11H19N3OS/c1-8(10(15)14-11(2,3)4)13-6-9-5-12-7-16-9/h5,7-8,13H,6H2,1-4H3,(H,14,15). The van der Waals surface area contributed by atoms with Crippen LogP contribution in [0.3, 0.4) is 0 Å². The van der Waals surface area contributed by atoms with Gasteiger partial charge in [-0.1, -0.05) is 0 Å². The molecule has 2 N–H and O–H groups in total. The number of nitrogens with one attached hydrogen (secondary N) is 2. The Morgan fingerprint density at radius 3 is 2.75 bits per heavy atom. The van der Waals surface area contributed by atoms with Crippen molar-refractivity contribution in [2.45, 2.75) is 45.8 Å². The third kappa shape index (κ3) is 4.72. The molecule has 0 bridgehead atoms. The highest BCUT2D eigenvalue weighted by atomic mass is 32.1. The largest absolute Gasteiger partial charge is 0.350 e. The molecule has 1 atom stereocenters. The van der Waals surface area contributed by atoms with Crippen molar-refractivity contribution in [2.24, 2.45) is 0 Å². The van der Waals surface area contributed by atoms with E-state index in [1.807, 2.05) is 33.9 Å². The zero-order valence-corrected chi connectivity index (χ0v) is 11.0. The van der Waals surface area contributed by atoms with E-state index in [1.165, 1.54) is 0 Å². The topological polar surface area (TPSA) is 54.0 Å². The van der Waals surface area contributed by atoms with Gasteiger partial charge < -0.3 is 10.6 Å². The van der Waals surface area contributed by atoms with E-state index in [1.54, 1.807) is 16.8 Å². The summed E-state index contributed by atoms with van der Waals surface area (Å²) in [5.41, 5.74) is 1.61. The fourth-order valence-corrected chi connectivity index (χ4v) is 1.70. The number of rotatable bonds is 4. The first-order chi connectivity index (χ1) is 7.38. The number of aromatic nitrogens is 1. The van der Waals surface area contributed by atoms with Crippen molar-refractivity contribution in [3.05, 3.63) is 16.6 Å². The number of nitrogens with zero attached hydrogens (tertiary/aromatic N) is 1. The van der Waals surface area contributed by atoms with Crippen molar-refractivity contribution in [1.29, 1.82) is 0 Å². The minimum Gasteiger partial charge on any atom is -0.350 e. The van der Waals surface area contributed by atoms with Crippen molar-refractivity contribution in [3.63, 3.8) is 0 Å². The van der Waals surface area contributed by atoms with E-state index >= 15 is 0 Å². The second kappa shape index (κ2) is 5.41. The van der Waals surface area contributed by atoms with Crippen molar-refractivity contribution >= 4 is 17.2 Å². The zero-order chi connectivity index (χ0) is 12.2. The van der Waals surface area contributed by atoms with Crippen molar-refractivity contribution in [1.82, 2.24) is 15.6 Å². The molecule has 1 aromatic heterocycles. The molecule has 1 heterocycles. The number of carbonyl (C=O) groups excluding carboxylic acids is 1. The molecule has 0 aliphatic heterocycles. The molecule has 1 unspecified atom stereocenters. The molecular formula is C11H19N3OS. The summed E-state index contributed by atoms with van der Waals surface area (Å²) in [6.45, 7) is 8.47. The molecule has 1 amide bonds. The summed E-state index contributed by atoms with van der Waals surface area (Å²) < 4.78 is 0. The average molecular weight is 241 g/mol. The minimum atomic E-state index is -0.193. The summed E-state index contributed by atoms with van der Waals surface area (Å²) in [5, 5.41) is 6.10. The molecule has 1 rings (SSSR count). The molecular weight excluding hydrogens is 222 g/mol. The number of thiazole rings is 1. The van der Waals surface area contributed by atoms with Crippen LogP contribution in [0.4, 0.5) is 0 Å². The summed E-state index contributed by atoms with van der Waals surface area (Å²) in [5.74, 6) is 0.0250. The lowest BCUT2D eigenvalue weighted by molar-refractivity contribution is -0.124. The zero-order valence-electron chi connectivity index (χ0n) is 10.2. The molecule has 90 valence electrons. The van der Waals surface area contributed by atoms with Crippen LogP contribution in [0.2, 0.25) is 0 Å². The van der Waals surface area contributed by atoms with Gasteiger partial charge in [-0.2, -0.15) is 0 Å². The summed E-state index contributed by atoms with van der Waals surface area (Å²) >= 11 is 1.58. The lowest BCUT2D eigenvalue weighted by atomic mass is 10.1. The van der Waals surface area contributed by atoms with E-state index in [0.717, 1.165) is 4.88 Å². The fraction of sp³-hybridized carbons (Fsp3) is 0.636. The number of hydrogen-bond donors (Lipinski definition) is 2. The fourth-order valence-electron chi connectivity index (χ4n) is 1.15. The molecule has 1 aromatic rings. The first-order valence-electron chi connectivity index (χ1n) is 5.31. The second-order valence-corrected chi connectivity index (χ2v) is 5.78. The van der Waals surface area contributed by atoms with Crippen molar-refractivity contribution < 1.29 is 4.79 Å². The number of amides is 1. The Hall–Kier alpha value is -0.940. The third-order valence-electron chi connectivity index (χ3n) is 1.96. The van der Waals surface area contributed by atoms with E-state index in [-0.39, 0.29) is 17.5 Å². The van der Waals surface area contributed by atoms with Gasteiger partial charge in [0.15, 0.2) is 0 Å². The van der Waals surface area contributed by atoms with Crippen LogP contribution < -0.4 is 10.6 Å². The highest BCUT2D eigenvalue weighted by Gasteiger charge is 2.18. The van der Waals surface area contributed by atoms with Crippen LogP contribution >= 0.6 is 11.3 Å². The summed E-state index contributed by atoms with van der Waals surface area (Å²) in [4.78, 5) is 16.8. The Kier molecular flexibility index (Phi) is 4.44. The molecule has 0 saturated heterocycles. The van der Waals surface area contributed by atoms with Crippen LogP contribution in [0, 0.1) is 0 Å². The molecule has 5 heteroatoms. The quantitative estimate of drug-likeness (QED) is 0.840. The molecule has 0 saturated carbocycles. The monoisotopic (exact) mass is 241 g/mol. The summed E-state index contributed by atoms with van der Waals surface area (Å²) in [6, 6.07) is -0.193. The van der Waals surface area contributed by atoms with Crippen LogP contribution in [0.15, 0.2) is 11.7 Å². The highest BCUT2D eigenvalue weighted by Crippen LogP contribution is 2.05. The van der Waals surface area contributed by atoms with Gasteiger partial charge in [0.05, 0.1) is 11.6 Å². The van der Waals surface area contributed by atoms with Crippen LogP contribution in [0.5, 0.6) is 0 Å². The third-order valence-corrected chi connectivity index (χ3v) is 2.74. The number of hydrogen-bond acceptors (Lipinski definition) is 4. The van der Waals surface area contributed by atoms with Gasteiger partial charge >= 0.3 is 0 Å². The van der Waals surface area contributed by atoms with Gasteiger partial charge in [0.2, 0.25) is 5.91 Å². The van der Waals surface area contributed by atoms with Gasteiger partial charge in [-0.15, -0.1) is 11.3 Å². The maximum atomic E-state index is 11.7. The van der Waals surface area contributed by atoms with Crippen molar-refractivity contribution in [3.8, 4) is 0 Å². The molecule has 0 aliphatic carbocycles. The van der Waals surface area contributed by atoms with Gasteiger partial charge in [0.1, 0.15) is 0 Å². The number of carbonyl (C=O) groups is 1. The Bertz CT molecular complexity index is 329. The van der Waals surface area contributed by atoms with Crippen molar-refractivity contribution in [2.75, 3.05) is 0 Å². The van der Waals surface area contributed by atoms with Gasteiger partial charge in [-0.05, 0) is 27.7 Å². The normalized spacial score (nSPS) is 13.5. The van der Waals surface area contributed by atoms with Gasteiger partial charge in [0.25, 0.3) is 0 Å². The highest BCUT2D eigenvalue weighted by molar-refractivity contribution is 7.09. The molecule has 0 fully saturated rings. The van der Waals surface area contributed by atoms with E-state index < -0.39 is 0 Å². The Morgan fingerprint density at radius 1 is 1.56 bits per heavy atom. The molecule has 0 aliphatic rings. The van der Waals surface area contributed by atoms with Crippen LogP contribution in [-0.4, -0.2) is 22.5 Å². The predicted molar refractivity (Wildman–Crippen MR) is 66.3 cm³/mol. The van der Waals surface area contributed by atoms with E-state index in [2.05, 4.69) is 15.6 Å².